The number of carbonyl (C=O) groups excluding carboxylic acids is 1. The first-order valence-electron chi connectivity index (χ1n) is 8.84. The highest BCUT2D eigenvalue weighted by Crippen LogP contribution is 2.26. The molecule has 0 spiro atoms. The van der Waals surface area contributed by atoms with E-state index in [1.165, 1.54) is 0 Å². The molecule has 3 rings (SSSR count). The topological polar surface area (TPSA) is 54.5 Å². The van der Waals surface area contributed by atoms with Gasteiger partial charge in [0.2, 0.25) is 0 Å². The summed E-state index contributed by atoms with van der Waals surface area (Å²) in [7, 11) is 4.15. The number of benzene rings is 1. The van der Waals surface area contributed by atoms with Gasteiger partial charge < -0.3 is 15.0 Å². The lowest BCUT2D eigenvalue weighted by atomic mass is 9.88. The number of aromatic nitrogens is 1. The van der Waals surface area contributed by atoms with Crippen LogP contribution in [0.4, 0.5) is 0 Å². The second-order valence-electron chi connectivity index (χ2n) is 7.13. The van der Waals surface area contributed by atoms with Crippen molar-refractivity contribution in [3.8, 4) is 0 Å². The maximum Gasteiger partial charge on any atom is 0.253 e. The molecule has 0 radical (unpaired) electrons. The monoisotopic (exact) mass is 341 g/mol. The van der Waals surface area contributed by atoms with Gasteiger partial charge in [-0.25, -0.2) is 0 Å². The van der Waals surface area contributed by atoms with Crippen molar-refractivity contribution in [3.05, 3.63) is 41.1 Å². The molecule has 0 saturated carbocycles. The van der Waals surface area contributed by atoms with E-state index in [-0.39, 0.29) is 11.4 Å². The summed E-state index contributed by atoms with van der Waals surface area (Å²) >= 11 is 0. The van der Waals surface area contributed by atoms with Crippen molar-refractivity contribution < 1.29 is 9.53 Å². The van der Waals surface area contributed by atoms with Crippen molar-refractivity contribution in [3.63, 3.8) is 0 Å². The van der Waals surface area contributed by atoms with Crippen LogP contribution in [-0.2, 0) is 4.74 Å². The van der Waals surface area contributed by atoms with Gasteiger partial charge in [-0.2, -0.15) is 0 Å². The van der Waals surface area contributed by atoms with Gasteiger partial charge in [0, 0.05) is 30.7 Å². The van der Waals surface area contributed by atoms with E-state index in [1.54, 1.807) is 0 Å². The number of carbonyl (C=O) groups is 1. The fourth-order valence-electron chi connectivity index (χ4n) is 3.73. The van der Waals surface area contributed by atoms with Gasteiger partial charge in [0.25, 0.3) is 5.91 Å². The Bertz CT molecular complexity index is 780. The summed E-state index contributed by atoms with van der Waals surface area (Å²) in [5, 5.41) is 4.19. The van der Waals surface area contributed by atoms with Crippen LogP contribution in [0.15, 0.2) is 24.3 Å². The van der Waals surface area contributed by atoms with Crippen LogP contribution in [0, 0.1) is 13.8 Å². The van der Waals surface area contributed by atoms with Gasteiger partial charge in [0.05, 0.1) is 16.8 Å². The number of hydrogen-bond acceptors (Lipinski definition) is 4. The molecule has 1 aromatic carbocycles. The lowest BCUT2D eigenvalue weighted by Gasteiger charge is -2.42. The van der Waals surface area contributed by atoms with E-state index in [1.807, 2.05) is 38.1 Å². The maximum atomic E-state index is 12.9. The average Bonchev–Trinajstić information content (AvgIpc) is 2.60. The third-order valence-corrected chi connectivity index (χ3v) is 5.51. The highest BCUT2D eigenvalue weighted by molar-refractivity contribution is 6.01. The van der Waals surface area contributed by atoms with E-state index in [0.29, 0.717) is 12.1 Å². The quantitative estimate of drug-likeness (QED) is 0.929. The van der Waals surface area contributed by atoms with E-state index in [9.17, 15) is 4.79 Å². The van der Waals surface area contributed by atoms with Crippen LogP contribution in [-0.4, -0.2) is 55.2 Å². The highest BCUT2D eigenvalue weighted by atomic mass is 16.5. The van der Waals surface area contributed by atoms with Gasteiger partial charge in [-0.15, -0.1) is 0 Å². The van der Waals surface area contributed by atoms with Gasteiger partial charge in [0.1, 0.15) is 0 Å². The third-order valence-electron chi connectivity index (χ3n) is 5.51. The van der Waals surface area contributed by atoms with Crippen molar-refractivity contribution in [2.45, 2.75) is 32.2 Å². The summed E-state index contributed by atoms with van der Waals surface area (Å²) in [5.41, 5.74) is 3.36. The van der Waals surface area contributed by atoms with Gasteiger partial charge >= 0.3 is 0 Å². The smallest absolute Gasteiger partial charge is 0.253 e. The number of fused-ring (bicyclic) bond motifs is 1. The van der Waals surface area contributed by atoms with Crippen molar-refractivity contribution in [2.75, 3.05) is 33.9 Å². The zero-order valence-electron chi connectivity index (χ0n) is 15.6. The Kier molecular flexibility index (Phi) is 5.06. The largest absolute Gasteiger partial charge is 0.381 e. The van der Waals surface area contributed by atoms with Crippen LogP contribution in [0.1, 0.15) is 34.5 Å². The number of rotatable bonds is 4. The van der Waals surface area contributed by atoms with Gasteiger partial charge in [-0.1, -0.05) is 18.2 Å². The first-order valence-corrected chi connectivity index (χ1v) is 8.84. The molecule has 2 heterocycles. The van der Waals surface area contributed by atoms with Crippen molar-refractivity contribution in [2.24, 2.45) is 0 Å². The second kappa shape index (κ2) is 7.10. The Hall–Kier alpha value is -1.98. The fraction of sp³-hybridized carbons (Fsp3) is 0.500. The van der Waals surface area contributed by atoms with E-state index >= 15 is 0 Å². The van der Waals surface area contributed by atoms with Crippen molar-refractivity contribution in [1.82, 2.24) is 15.2 Å². The van der Waals surface area contributed by atoms with Crippen LogP contribution in [0.3, 0.4) is 0 Å². The number of amides is 1. The molecule has 1 aromatic heterocycles. The minimum absolute atomic E-state index is 0.0408. The van der Waals surface area contributed by atoms with E-state index in [2.05, 4.69) is 29.3 Å². The minimum Gasteiger partial charge on any atom is -0.381 e. The molecule has 0 aliphatic carbocycles. The lowest BCUT2D eigenvalue weighted by molar-refractivity contribution is -0.00658. The number of nitrogens with one attached hydrogen (secondary N) is 1. The predicted octanol–water partition coefficient (Wildman–Crippen LogP) is 2.69. The molecule has 134 valence electrons. The van der Waals surface area contributed by atoms with Gasteiger partial charge in [-0.3, -0.25) is 9.78 Å². The standard InChI is InChI=1S/C20H27N3O2/c1-14-16-7-5-6-8-17(16)22-15(2)18(14)19(24)21-13-20(23(3)4)9-11-25-12-10-20/h5-8H,9-13H2,1-4H3,(H,21,24). The zero-order valence-corrected chi connectivity index (χ0v) is 15.6. The van der Waals surface area contributed by atoms with Crippen LogP contribution in [0.5, 0.6) is 0 Å². The second-order valence-corrected chi connectivity index (χ2v) is 7.13. The molecule has 1 amide bonds. The van der Waals surface area contributed by atoms with Crippen molar-refractivity contribution in [1.29, 1.82) is 0 Å². The summed E-state index contributed by atoms with van der Waals surface area (Å²) in [6, 6.07) is 7.96. The molecule has 1 saturated heterocycles. The Morgan fingerprint density at radius 1 is 1.24 bits per heavy atom. The molecule has 25 heavy (non-hydrogen) atoms. The number of ether oxygens (including phenoxy) is 1. The third kappa shape index (κ3) is 3.39. The predicted molar refractivity (Wildman–Crippen MR) is 100 cm³/mol. The van der Waals surface area contributed by atoms with Crippen molar-refractivity contribution >= 4 is 16.8 Å². The van der Waals surface area contributed by atoms with Crippen LogP contribution < -0.4 is 5.32 Å². The molecule has 1 N–H and O–H groups in total. The Balaban J connectivity index is 1.85. The summed E-state index contributed by atoms with van der Waals surface area (Å²) in [6.07, 6.45) is 1.85. The number of likely N-dealkylation sites (N-methyl/N-ethyl adjacent to an activating group) is 1. The Labute approximate surface area is 149 Å². The van der Waals surface area contributed by atoms with E-state index in [4.69, 9.17) is 4.74 Å². The molecule has 1 aliphatic heterocycles. The summed E-state index contributed by atoms with van der Waals surface area (Å²) in [4.78, 5) is 19.8. The molecule has 5 heteroatoms. The number of aryl methyl sites for hydroxylation is 2. The highest BCUT2D eigenvalue weighted by Gasteiger charge is 2.35. The number of para-hydroxylation sites is 1. The average molecular weight is 341 g/mol. The normalized spacial score (nSPS) is 17.0. The molecule has 0 bridgehead atoms. The SMILES string of the molecule is Cc1nc2ccccc2c(C)c1C(=O)NCC1(N(C)C)CCOCC1. The van der Waals surface area contributed by atoms with E-state index < -0.39 is 0 Å². The number of pyridine rings is 1. The Morgan fingerprint density at radius 2 is 1.92 bits per heavy atom. The molecule has 1 fully saturated rings. The molecular formula is C20H27N3O2. The maximum absolute atomic E-state index is 12.9. The van der Waals surface area contributed by atoms with Gasteiger partial charge in [0.15, 0.2) is 0 Å². The lowest BCUT2D eigenvalue weighted by Crippen LogP contribution is -2.55. The minimum atomic E-state index is -0.0417. The van der Waals surface area contributed by atoms with Crippen LogP contribution >= 0.6 is 0 Å². The van der Waals surface area contributed by atoms with Gasteiger partial charge in [-0.05, 0) is 52.4 Å². The Morgan fingerprint density at radius 3 is 2.60 bits per heavy atom. The number of nitrogens with zero attached hydrogens (tertiary/aromatic N) is 2. The molecule has 0 unspecified atom stereocenters. The molecule has 5 nitrogen and oxygen atoms in total. The van der Waals surface area contributed by atoms with E-state index in [0.717, 1.165) is 48.2 Å². The summed E-state index contributed by atoms with van der Waals surface area (Å²) in [5.74, 6) is -0.0408. The molecule has 1 aliphatic rings. The molecule has 0 atom stereocenters. The fourth-order valence-corrected chi connectivity index (χ4v) is 3.73. The first kappa shape index (κ1) is 17.8. The summed E-state index contributed by atoms with van der Waals surface area (Å²) in [6.45, 7) is 6.01. The zero-order chi connectivity index (χ0) is 18.0. The molecular weight excluding hydrogens is 314 g/mol. The van der Waals surface area contributed by atoms with Crippen LogP contribution in [0.2, 0.25) is 0 Å². The first-order chi connectivity index (χ1) is 11.9. The molecule has 2 aromatic rings. The summed E-state index contributed by atoms with van der Waals surface area (Å²) < 4.78 is 5.50. The van der Waals surface area contributed by atoms with Crippen LogP contribution in [0.25, 0.3) is 10.9 Å². The number of hydrogen-bond donors (Lipinski definition) is 1.